The van der Waals surface area contributed by atoms with Crippen molar-refractivity contribution in [2.75, 3.05) is 0 Å². The van der Waals surface area contributed by atoms with Crippen LogP contribution >= 0.6 is 0 Å². The van der Waals surface area contributed by atoms with E-state index in [1.807, 2.05) is 0 Å². The van der Waals surface area contributed by atoms with Gasteiger partial charge in [-0.05, 0) is 37.2 Å². The van der Waals surface area contributed by atoms with Gasteiger partial charge in [-0.3, -0.25) is 0 Å². The van der Waals surface area contributed by atoms with Crippen LogP contribution in [0.15, 0.2) is 72.4 Å². The van der Waals surface area contributed by atoms with Crippen LogP contribution < -0.4 is 5.32 Å². The molecule has 0 heterocycles. The lowest BCUT2D eigenvalue weighted by atomic mass is 9.85. The molecule has 1 nitrogen and oxygen atoms in total. The highest BCUT2D eigenvalue weighted by Crippen LogP contribution is 2.31. The highest BCUT2D eigenvalue weighted by atomic mass is 15.0. The number of allylic oxidation sites excluding steroid dienone is 11. The van der Waals surface area contributed by atoms with Gasteiger partial charge in [-0.2, -0.15) is 0 Å². The van der Waals surface area contributed by atoms with Crippen molar-refractivity contribution in [2.24, 2.45) is 5.92 Å². The monoisotopic (exact) mass is 419 g/mol. The Morgan fingerprint density at radius 1 is 0.484 bits per heavy atom. The van der Waals surface area contributed by atoms with Gasteiger partial charge in [-0.15, -0.1) is 0 Å². The summed E-state index contributed by atoms with van der Waals surface area (Å²) in [6, 6.07) is 1.33. The zero-order valence-corrected chi connectivity index (χ0v) is 19.7. The lowest BCUT2D eigenvalue weighted by molar-refractivity contribution is 0.308. The third-order valence-corrected chi connectivity index (χ3v) is 7.22. The van der Waals surface area contributed by atoms with Crippen molar-refractivity contribution in [3.05, 3.63) is 72.4 Å². The molecule has 170 valence electrons. The maximum absolute atomic E-state index is 4.23. The first kappa shape index (κ1) is 24.1. The first-order valence-corrected chi connectivity index (χ1v) is 13.2. The molecule has 3 aliphatic carbocycles. The van der Waals surface area contributed by atoms with Gasteiger partial charge in [0, 0.05) is 12.1 Å². The van der Waals surface area contributed by atoms with E-state index in [4.69, 9.17) is 0 Å². The molecule has 0 aromatic heterocycles. The molecule has 1 heteroatoms. The lowest BCUT2D eigenvalue weighted by Gasteiger charge is -2.32. The minimum atomic E-state index is 0.620. The van der Waals surface area contributed by atoms with Gasteiger partial charge in [0.1, 0.15) is 0 Å². The predicted octanol–water partition coefficient (Wildman–Crippen LogP) is 8.53. The van der Waals surface area contributed by atoms with Gasteiger partial charge in [-0.1, -0.05) is 137 Å². The Bertz CT molecular complexity index is 648. The number of rotatable bonds is 3. The fourth-order valence-electron chi connectivity index (χ4n) is 5.45. The second kappa shape index (κ2) is 15.2. The first-order chi connectivity index (χ1) is 15.4. The maximum Gasteiger partial charge on any atom is 0.0138 e. The van der Waals surface area contributed by atoms with Gasteiger partial charge in [0.05, 0.1) is 0 Å². The van der Waals surface area contributed by atoms with Crippen LogP contribution in [0.2, 0.25) is 0 Å². The van der Waals surface area contributed by atoms with Crippen LogP contribution in [0.25, 0.3) is 0 Å². The molecule has 3 rings (SSSR count). The summed E-state index contributed by atoms with van der Waals surface area (Å²) < 4.78 is 0. The van der Waals surface area contributed by atoms with Crippen molar-refractivity contribution in [2.45, 2.75) is 108 Å². The summed E-state index contributed by atoms with van der Waals surface area (Å²) in [7, 11) is 0. The van der Waals surface area contributed by atoms with E-state index in [1.165, 1.54) is 102 Å². The van der Waals surface area contributed by atoms with Crippen molar-refractivity contribution in [3.63, 3.8) is 0 Å². The second-order valence-electron chi connectivity index (χ2n) is 9.69. The Morgan fingerprint density at radius 2 is 0.968 bits per heavy atom. The van der Waals surface area contributed by atoms with Crippen molar-refractivity contribution in [1.29, 1.82) is 0 Å². The number of nitrogens with one attached hydrogen (secondary N) is 1. The smallest absolute Gasteiger partial charge is 0.0138 e. The number of hydrogen-bond donors (Lipinski definition) is 1. The number of hydrogen-bond acceptors (Lipinski definition) is 1. The van der Waals surface area contributed by atoms with E-state index in [1.54, 1.807) is 0 Å². The zero-order valence-electron chi connectivity index (χ0n) is 19.7. The lowest BCUT2D eigenvalue weighted by Crippen LogP contribution is -2.43. The molecule has 2 unspecified atom stereocenters. The molecule has 0 saturated heterocycles. The van der Waals surface area contributed by atoms with Crippen LogP contribution in [0.3, 0.4) is 0 Å². The molecule has 2 atom stereocenters. The molecule has 0 bridgehead atoms. The topological polar surface area (TPSA) is 12.0 Å². The highest BCUT2D eigenvalue weighted by molar-refractivity contribution is 5.32. The molecule has 2 saturated carbocycles. The quantitative estimate of drug-likeness (QED) is 0.452. The summed E-state index contributed by atoms with van der Waals surface area (Å²) in [4.78, 5) is 0. The van der Waals surface area contributed by atoms with Crippen molar-refractivity contribution in [3.8, 4) is 0 Å². The Labute approximate surface area is 192 Å². The summed E-state index contributed by atoms with van der Waals surface area (Å²) in [5.74, 6) is 0.623. The second-order valence-corrected chi connectivity index (χ2v) is 9.69. The fourth-order valence-corrected chi connectivity index (χ4v) is 5.45. The SMILES string of the molecule is C1=C\C=C/C=C(C2CCCCCC2NC2CCCCCCCCCC2)\C=C/C=C/C=C1. The molecule has 2 fully saturated rings. The normalized spacial score (nSPS) is 32.3. The van der Waals surface area contributed by atoms with Gasteiger partial charge >= 0.3 is 0 Å². The molecular weight excluding hydrogens is 374 g/mol. The van der Waals surface area contributed by atoms with Crippen LogP contribution in [0.1, 0.15) is 96.3 Å². The molecule has 0 spiro atoms. The zero-order chi connectivity index (χ0) is 21.4. The molecule has 0 radical (unpaired) electrons. The van der Waals surface area contributed by atoms with Crippen LogP contribution in [-0.2, 0) is 0 Å². The van der Waals surface area contributed by atoms with Crippen molar-refractivity contribution >= 4 is 0 Å². The standard InChI is InChI=1S/C30H45N/c1-2-6-10-15-21-27(22-16-11-7-3-1)29-25-19-14-20-26-30(29)31-28-23-17-12-8-4-5-9-13-18-24-28/h1-3,6-7,10-11,15-16,21-22,28-31H,4-5,8-9,12-14,17-20,23-26H2/b2-1?,3-1?,6-2?,7-3?,10-6+,11-7?,15-10?,16-11-,21-15-,22-16?,27-21?,27-22+. The molecule has 3 aliphatic rings. The van der Waals surface area contributed by atoms with Crippen LogP contribution in [0.4, 0.5) is 0 Å². The Hall–Kier alpha value is -1.60. The minimum Gasteiger partial charge on any atom is -0.311 e. The van der Waals surface area contributed by atoms with E-state index in [0.29, 0.717) is 18.0 Å². The molecule has 0 aromatic carbocycles. The summed E-state index contributed by atoms with van der Waals surface area (Å²) in [6.07, 6.45) is 45.0. The highest BCUT2D eigenvalue weighted by Gasteiger charge is 2.27. The van der Waals surface area contributed by atoms with Crippen LogP contribution in [0, 0.1) is 5.92 Å². The third-order valence-electron chi connectivity index (χ3n) is 7.22. The summed E-state index contributed by atoms with van der Waals surface area (Å²) >= 11 is 0. The summed E-state index contributed by atoms with van der Waals surface area (Å²) in [6.45, 7) is 0. The van der Waals surface area contributed by atoms with Crippen molar-refractivity contribution in [1.82, 2.24) is 5.32 Å². The Morgan fingerprint density at radius 3 is 1.65 bits per heavy atom. The molecule has 0 aliphatic heterocycles. The van der Waals surface area contributed by atoms with E-state index in [0.717, 1.165) is 0 Å². The van der Waals surface area contributed by atoms with E-state index in [-0.39, 0.29) is 0 Å². The minimum absolute atomic E-state index is 0.620. The van der Waals surface area contributed by atoms with E-state index in [2.05, 4.69) is 72.2 Å². The largest absolute Gasteiger partial charge is 0.311 e. The van der Waals surface area contributed by atoms with Crippen LogP contribution in [-0.4, -0.2) is 12.1 Å². The Kier molecular flexibility index (Phi) is 11.8. The van der Waals surface area contributed by atoms with E-state index < -0.39 is 0 Å². The van der Waals surface area contributed by atoms with Gasteiger partial charge in [0.25, 0.3) is 0 Å². The molecule has 0 amide bonds. The average molecular weight is 420 g/mol. The fraction of sp³-hybridized carbons (Fsp3) is 0.600. The van der Waals surface area contributed by atoms with Crippen LogP contribution in [0.5, 0.6) is 0 Å². The van der Waals surface area contributed by atoms with E-state index in [9.17, 15) is 0 Å². The van der Waals surface area contributed by atoms with Gasteiger partial charge in [0.15, 0.2) is 0 Å². The molecular formula is C30H45N. The predicted molar refractivity (Wildman–Crippen MR) is 137 cm³/mol. The van der Waals surface area contributed by atoms with Crippen molar-refractivity contribution < 1.29 is 0 Å². The maximum atomic E-state index is 4.23. The first-order valence-electron chi connectivity index (χ1n) is 13.2. The average Bonchev–Trinajstić information content (AvgIpc) is 3.03. The third kappa shape index (κ3) is 9.60. The summed E-state index contributed by atoms with van der Waals surface area (Å²) in [5.41, 5.74) is 1.50. The molecule has 1 N–H and O–H groups in total. The van der Waals surface area contributed by atoms with Gasteiger partial charge in [0.2, 0.25) is 0 Å². The van der Waals surface area contributed by atoms with Gasteiger partial charge in [-0.25, -0.2) is 0 Å². The molecule has 0 aromatic rings. The summed E-state index contributed by atoms with van der Waals surface area (Å²) in [5, 5.41) is 4.23. The van der Waals surface area contributed by atoms with E-state index >= 15 is 0 Å². The molecule has 31 heavy (non-hydrogen) atoms. The van der Waals surface area contributed by atoms with Gasteiger partial charge < -0.3 is 5.32 Å². The Balaban J connectivity index is 1.72.